The fourth-order valence-electron chi connectivity index (χ4n) is 2.62. The Hall–Kier alpha value is -2.75. The van der Waals surface area contributed by atoms with Crippen LogP contribution in [-0.4, -0.2) is 41.6 Å². The van der Waals surface area contributed by atoms with Gasteiger partial charge in [-0.3, -0.25) is 9.36 Å². The van der Waals surface area contributed by atoms with Crippen LogP contribution in [0.1, 0.15) is 18.9 Å². The van der Waals surface area contributed by atoms with Gasteiger partial charge in [-0.15, -0.1) is 16.4 Å². The highest BCUT2D eigenvalue weighted by Crippen LogP contribution is 2.37. The number of hydrogen-bond donors (Lipinski definition) is 1. The summed E-state index contributed by atoms with van der Waals surface area (Å²) in [6, 6.07) is 4.17. The van der Waals surface area contributed by atoms with Gasteiger partial charge in [0.25, 0.3) is 0 Å². The van der Waals surface area contributed by atoms with Gasteiger partial charge in [-0.25, -0.2) is 19.1 Å². The van der Waals surface area contributed by atoms with E-state index in [9.17, 15) is 9.59 Å². The number of aromatic nitrogens is 6. The number of nitrogens with one attached hydrogen (secondary N) is 1. The minimum Gasteiger partial charge on any atom is -0.353 e. The van der Waals surface area contributed by atoms with Crippen LogP contribution in [0.25, 0.3) is 10.7 Å². The van der Waals surface area contributed by atoms with E-state index >= 15 is 0 Å². The fraction of sp³-hybridized carbons (Fsp3) is 0.400. The van der Waals surface area contributed by atoms with Gasteiger partial charge in [-0.2, -0.15) is 5.10 Å². The summed E-state index contributed by atoms with van der Waals surface area (Å²) in [6.45, 7) is 0.769. The lowest BCUT2D eigenvalue weighted by molar-refractivity contribution is -0.121. The summed E-state index contributed by atoms with van der Waals surface area (Å²) in [5.41, 5.74) is -0.114. The summed E-state index contributed by atoms with van der Waals surface area (Å²) in [5.74, 6) is 0.537. The van der Waals surface area contributed by atoms with Crippen LogP contribution in [0, 0.1) is 0 Å². The van der Waals surface area contributed by atoms with Crippen molar-refractivity contribution in [3.05, 3.63) is 40.7 Å². The average molecular weight is 359 g/mol. The Morgan fingerprint density at radius 3 is 2.96 bits per heavy atom. The second kappa shape index (κ2) is 6.63. The van der Waals surface area contributed by atoms with Gasteiger partial charge < -0.3 is 5.32 Å². The second-order valence-corrected chi connectivity index (χ2v) is 6.80. The van der Waals surface area contributed by atoms with Crippen molar-refractivity contribution in [1.29, 1.82) is 0 Å². The Labute approximate surface area is 146 Å². The largest absolute Gasteiger partial charge is 0.353 e. The molecule has 0 bridgehead atoms. The molecule has 1 amide bonds. The Morgan fingerprint density at radius 1 is 1.40 bits per heavy atom. The summed E-state index contributed by atoms with van der Waals surface area (Å²) in [7, 11) is 0. The zero-order valence-corrected chi connectivity index (χ0v) is 14.2. The quantitative estimate of drug-likeness (QED) is 0.663. The van der Waals surface area contributed by atoms with Crippen molar-refractivity contribution in [3.63, 3.8) is 0 Å². The first-order valence-electron chi connectivity index (χ1n) is 8.04. The van der Waals surface area contributed by atoms with E-state index in [0.717, 1.165) is 23.5 Å². The van der Waals surface area contributed by atoms with E-state index in [1.807, 2.05) is 17.5 Å². The zero-order valence-electron chi connectivity index (χ0n) is 13.4. The molecule has 9 nitrogen and oxygen atoms in total. The first-order valence-corrected chi connectivity index (χ1v) is 8.92. The van der Waals surface area contributed by atoms with Crippen molar-refractivity contribution in [3.8, 4) is 10.7 Å². The normalized spacial score (nSPS) is 13.9. The van der Waals surface area contributed by atoms with Gasteiger partial charge in [0.05, 0.1) is 11.4 Å². The monoisotopic (exact) mass is 359 g/mol. The van der Waals surface area contributed by atoms with Crippen molar-refractivity contribution in [2.45, 2.75) is 32.0 Å². The van der Waals surface area contributed by atoms with Crippen molar-refractivity contribution >= 4 is 17.2 Å². The van der Waals surface area contributed by atoms with Gasteiger partial charge >= 0.3 is 5.69 Å². The highest BCUT2D eigenvalue weighted by atomic mass is 32.1. The third kappa shape index (κ3) is 3.38. The fourth-order valence-corrected chi connectivity index (χ4v) is 3.33. The van der Waals surface area contributed by atoms with E-state index in [0.29, 0.717) is 13.1 Å². The second-order valence-electron chi connectivity index (χ2n) is 5.85. The number of carbonyl (C=O) groups excluding carboxylic acids is 1. The summed E-state index contributed by atoms with van der Waals surface area (Å²) in [5, 5.41) is 13.1. The highest BCUT2D eigenvalue weighted by molar-refractivity contribution is 7.13. The maximum Gasteiger partial charge on any atom is 0.346 e. The summed E-state index contributed by atoms with van der Waals surface area (Å²) in [4.78, 5) is 29.3. The molecule has 1 saturated carbocycles. The molecule has 3 aromatic rings. The van der Waals surface area contributed by atoms with Crippen LogP contribution >= 0.6 is 11.3 Å². The Bertz CT molecular complexity index is 906. The SMILES string of the molecule is O=C(Cn1cncn1)NCCn1nc(-c2cccs2)n(C2CC2)c1=O. The third-order valence-corrected chi connectivity index (χ3v) is 4.81. The minimum atomic E-state index is -0.182. The molecule has 0 saturated heterocycles. The lowest BCUT2D eigenvalue weighted by atomic mass is 10.4. The molecule has 0 radical (unpaired) electrons. The van der Waals surface area contributed by atoms with Gasteiger partial charge in [0.1, 0.15) is 19.2 Å². The first-order chi connectivity index (χ1) is 12.2. The number of thiophene rings is 1. The molecule has 0 spiro atoms. The maximum atomic E-state index is 12.6. The van der Waals surface area contributed by atoms with E-state index < -0.39 is 0 Å². The lowest BCUT2D eigenvalue weighted by Crippen LogP contribution is -2.33. The molecule has 4 rings (SSSR count). The summed E-state index contributed by atoms with van der Waals surface area (Å²) in [6.07, 6.45) is 4.88. The minimum absolute atomic E-state index is 0.103. The van der Waals surface area contributed by atoms with Crippen molar-refractivity contribution in [1.82, 2.24) is 34.4 Å². The predicted molar refractivity (Wildman–Crippen MR) is 91.1 cm³/mol. The predicted octanol–water partition coefficient (Wildman–Crippen LogP) is 0.516. The number of amides is 1. The number of rotatable bonds is 7. The molecule has 0 atom stereocenters. The van der Waals surface area contributed by atoms with E-state index in [1.54, 1.807) is 15.9 Å². The van der Waals surface area contributed by atoms with Crippen LogP contribution in [0.4, 0.5) is 0 Å². The molecule has 130 valence electrons. The van der Waals surface area contributed by atoms with Gasteiger partial charge in [0, 0.05) is 12.6 Å². The molecule has 3 heterocycles. The van der Waals surface area contributed by atoms with E-state index in [-0.39, 0.29) is 24.2 Å². The molecule has 10 heteroatoms. The van der Waals surface area contributed by atoms with Crippen LogP contribution in [0.2, 0.25) is 0 Å². The standard InChI is InChI=1S/C15H17N7O2S/c23-13(8-20-10-16-9-18-20)17-5-6-21-15(24)22(11-3-4-11)14(19-21)12-2-1-7-25-12/h1-2,7,9-11H,3-6,8H2,(H,17,23). The Kier molecular flexibility index (Phi) is 4.18. The lowest BCUT2D eigenvalue weighted by Gasteiger charge is -2.04. The number of nitrogens with zero attached hydrogens (tertiary/aromatic N) is 6. The van der Waals surface area contributed by atoms with E-state index in [1.165, 1.54) is 22.0 Å². The van der Waals surface area contributed by atoms with Gasteiger partial charge in [-0.05, 0) is 24.3 Å². The van der Waals surface area contributed by atoms with Crippen molar-refractivity contribution < 1.29 is 4.79 Å². The topological polar surface area (TPSA) is 99.6 Å². The van der Waals surface area contributed by atoms with Crippen LogP contribution < -0.4 is 11.0 Å². The van der Waals surface area contributed by atoms with Gasteiger partial charge in [0.15, 0.2) is 5.82 Å². The molecular formula is C15H17N7O2S. The molecule has 0 unspecified atom stereocenters. The molecular weight excluding hydrogens is 342 g/mol. The van der Waals surface area contributed by atoms with Crippen LogP contribution in [0.3, 0.4) is 0 Å². The smallest absolute Gasteiger partial charge is 0.346 e. The molecule has 1 aliphatic rings. The molecule has 0 aromatic carbocycles. The maximum absolute atomic E-state index is 12.6. The summed E-state index contributed by atoms with van der Waals surface area (Å²) < 4.78 is 4.66. The highest BCUT2D eigenvalue weighted by Gasteiger charge is 2.30. The van der Waals surface area contributed by atoms with Crippen molar-refractivity contribution in [2.75, 3.05) is 6.54 Å². The molecule has 3 aromatic heterocycles. The van der Waals surface area contributed by atoms with Crippen LogP contribution in [0.5, 0.6) is 0 Å². The molecule has 25 heavy (non-hydrogen) atoms. The number of hydrogen-bond acceptors (Lipinski definition) is 6. The molecule has 0 aliphatic heterocycles. The number of carbonyl (C=O) groups is 1. The zero-order chi connectivity index (χ0) is 17.2. The Balaban J connectivity index is 1.43. The van der Waals surface area contributed by atoms with Crippen molar-refractivity contribution in [2.24, 2.45) is 0 Å². The third-order valence-electron chi connectivity index (χ3n) is 3.94. The van der Waals surface area contributed by atoms with E-state index in [2.05, 4.69) is 20.5 Å². The summed E-state index contributed by atoms with van der Waals surface area (Å²) >= 11 is 1.57. The van der Waals surface area contributed by atoms with Crippen LogP contribution in [0.15, 0.2) is 35.0 Å². The average Bonchev–Trinajstić information content (AvgIpc) is 3.02. The first kappa shape index (κ1) is 15.8. The Morgan fingerprint density at radius 2 is 2.28 bits per heavy atom. The molecule has 1 fully saturated rings. The van der Waals surface area contributed by atoms with E-state index in [4.69, 9.17) is 0 Å². The van der Waals surface area contributed by atoms with Gasteiger partial charge in [0.2, 0.25) is 5.91 Å². The van der Waals surface area contributed by atoms with Gasteiger partial charge in [-0.1, -0.05) is 6.07 Å². The molecule has 1 N–H and O–H groups in total. The van der Waals surface area contributed by atoms with Crippen LogP contribution in [-0.2, 0) is 17.9 Å². The molecule has 1 aliphatic carbocycles.